The largest absolute Gasteiger partial charge is 0.399 e. The number of carbonyl (C=O) groups is 1. The Morgan fingerprint density at radius 1 is 1.19 bits per heavy atom. The predicted molar refractivity (Wildman–Crippen MR) is 90.2 cm³/mol. The number of rotatable bonds is 5. The molecule has 0 atom stereocenters. The molecule has 21 heavy (non-hydrogen) atoms. The maximum Gasteiger partial charge on any atom is 0.249 e. The molecular weight excluding hydrogens is 330 g/mol. The maximum absolute atomic E-state index is 11.3. The molecule has 0 aromatic heterocycles. The summed E-state index contributed by atoms with van der Waals surface area (Å²) in [6.45, 7) is 3.72. The van der Waals surface area contributed by atoms with E-state index in [1.807, 2.05) is 36.4 Å². The summed E-state index contributed by atoms with van der Waals surface area (Å²) < 4.78 is 0.711. The highest BCUT2D eigenvalue weighted by Crippen LogP contribution is 2.25. The molecule has 0 unspecified atom stereocenters. The van der Waals surface area contributed by atoms with Gasteiger partial charge in [0.25, 0.3) is 0 Å². The number of benzene rings is 2. The van der Waals surface area contributed by atoms with E-state index >= 15 is 0 Å². The minimum atomic E-state index is -0.435. The second-order valence-electron chi connectivity index (χ2n) is 4.78. The molecule has 0 aliphatic carbocycles. The van der Waals surface area contributed by atoms with E-state index in [4.69, 9.17) is 11.5 Å². The molecule has 1 amide bonds. The summed E-state index contributed by atoms with van der Waals surface area (Å²) in [6, 6.07) is 13.4. The molecule has 0 bridgehead atoms. The topological polar surface area (TPSA) is 72.3 Å². The Morgan fingerprint density at radius 3 is 2.38 bits per heavy atom. The summed E-state index contributed by atoms with van der Waals surface area (Å²) in [6.07, 6.45) is 0. The van der Waals surface area contributed by atoms with E-state index in [2.05, 4.69) is 27.8 Å². The van der Waals surface area contributed by atoms with Gasteiger partial charge in [-0.05, 0) is 58.7 Å². The van der Waals surface area contributed by atoms with Crippen LogP contribution >= 0.6 is 15.9 Å². The van der Waals surface area contributed by atoms with Crippen molar-refractivity contribution in [3.05, 3.63) is 58.1 Å². The van der Waals surface area contributed by atoms with Crippen LogP contribution in [0.3, 0.4) is 0 Å². The number of carbonyl (C=O) groups excluding carboxylic acids is 1. The van der Waals surface area contributed by atoms with Gasteiger partial charge >= 0.3 is 0 Å². The number of hydrogen-bond donors (Lipinski definition) is 2. The van der Waals surface area contributed by atoms with Crippen LogP contribution in [0.25, 0.3) is 0 Å². The van der Waals surface area contributed by atoms with Crippen LogP contribution in [-0.2, 0) is 6.54 Å². The standard InChI is InChI=1S/C16H18BrN3O/c1-2-20(10-11-3-5-12(18)6-4-11)13-7-8-14(16(19)21)15(17)9-13/h3-9H,2,10,18H2,1H3,(H2,19,21). The van der Waals surface area contributed by atoms with E-state index in [9.17, 15) is 4.79 Å². The third-order valence-corrected chi connectivity index (χ3v) is 3.97. The number of amides is 1. The lowest BCUT2D eigenvalue weighted by molar-refractivity contribution is 0.0999. The van der Waals surface area contributed by atoms with Gasteiger partial charge in [0.1, 0.15) is 0 Å². The fraction of sp³-hybridized carbons (Fsp3) is 0.188. The zero-order valence-corrected chi connectivity index (χ0v) is 13.4. The predicted octanol–water partition coefficient (Wildman–Crippen LogP) is 3.16. The van der Waals surface area contributed by atoms with Crippen LogP contribution in [-0.4, -0.2) is 12.5 Å². The molecule has 0 aliphatic heterocycles. The van der Waals surface area contributed by atoms with Gasteiger partial charge in [-0.3, -0.25) is 4.79 Å². The van der Waals surface area contributed by atoms with E-state index < -0.39 is 5.91 Å². The number of hydrogen-bond acceptors (Lipinski definition) is 3. The quantitative estimate of drug-likeness (QED) is 0.816. The molecule has 5 heteroatoms. The van der Waals surface area contributed by atoms with Crippen LogP contribution in [0.1, 0.15) is 22.8 Å². The Kier molecular flexibility index (Phi) is 4.85. The monoisotopic (exact) mass is 347 g/mol. The average molecular weight is 348 g/mol. The van der Waals surface area contributed by atoms with Crippen molar-refractivity contribution < 1.29 is 4.79 Å². The fourth-order valence-corrected chi connectivity index (χ4v) is 2.69. The highest BCUT2D eigenvalue weighted by Gasteiger charge is 2.10. The lowest BCUT2D eigenvalue weighted by atomic mass is 10.1. The number of nitrogens with two attached hydrogens (primary N) is 2. The lowest BCUT2D eigenvalue weighted by Gasteiger charge is -2.24. The van der Waals surface area contributed by atoms with Gasteiger partial charge in [0.2, 0.25) is 5.91 Å². The number of nitrogen functional groups attached to an aromatic ring is 1. The molecule has 4 N–H and O–H groups in total. The second-order valence-corrected chi connectivity index (χ2v) is 5.64. The molecule has 0 spiro atoms. The van der Waals surface area contributed by atoms with Crippen LogP contribution in [0.15, 0.2) is 46.9 Å². The number of nitrogens with zero attached hydrogens (tertiary/aromatic N) is 1. The molecule has 0 fully saturated rings. The highest BCUT2D eigenvalue weighted by molar-refractivity contribution is 9.10. The van der Waals surface area contributed by atoms with Gasteiger partial charge in [-0.15, -0.1) is 0 Å². The normalized spacial score (nSPS) is 10.4. The first-order valence-electron chi connectivity index (χ1n) is 6.70. The first-order valence-corrected chi connectivity index (χ1v) is 7.49. The van der Waals surface area contributed by atoms with Crippen molar-refractivity contribution in [1.29, 1.82) is 0 Å². The molecule has 0 saturated carbocycles. The third kappa shape index (κ3) is 3.76. The SMILES string of the molecule is CCN(Cc1ccc(N)cc1)c1ccc(C(N)=O)c(Br)c1. The van der Waals surface area contributed by atoms with E-state index in [1.54, 1.807) is 6.07 Å². The molecule has 4 nitrogen and oxygen atoms in total. The molecule has 0 saturated heterocycles. The van der Waals surface area contributed by atoms with Gasteiger partial charge in [-0.1, -0.05) is 12.1 Å². The molecule has 110 valence electrons. The van der Waals surface area contributed by atoms with Crippen molar-refractivity contribution in [2.24, 2.45) is 5.73 Å². The summed E-state index contributed by atoms with van der Waals surface area (Å²) in [7, 11) is 0. The molecule has 2 aromatic rings. The average Bonchev–Trinajstić information content (AvgIpc) is 2.46. The van der Waals surface area contributed by atoms with Crippen molar-refractivity contribution >= 4 is 33.2 Å². The van der Waals surface area contributed by atoms with Crippen LogP contribution in [0, 0.1) is 0 Å². The Morgan fingerprint density at radius 2 is 1.86 bits per heavy atom. The second kappa shape index (κ2) is 6.63. The molecule has 0 aliphatic rings. The van der Waals surface area contributed by atoms with E-state index in [0.29, 0.717) is 10.0 Å². The molecule has 0 radical (unpaired) electrons. The van der Waals surface area contributed by atoms with E-state index in [1.165, 1.54) is 5.56 Å². The molecular formula is C16H18BrN3O. The van der Waals surface area contributed by atoms with Crippen molar-refractivity contribution in [1.82, 2.24) is 0 Å². The van der Waals surface area contributed by atoms with Crippen LogP contribution in [0.2, 0.25) is 0 Å². The Bertz CT molecular complexity index is 640. The van der Waals surface area contributed by atoms with Crippen molar-refractivity contribution in [2.45, 2.75) is 13.5 Å². The minimum Gasteiger partial charge on any atom is -0.399 e. The van der Waals surface area contributed by atoms with E-state index in [-0.39, 0.29) is 0 Å². The van der Waals surface area contributed by atoms with Crippen LogP contribution in [0.4, 0.5) is 11.4 Å². The lowest BCUT2D eigenvalue weighted by Crippen LogP contribution is -2.22. The van der Waals surface area contributed by atoms with Crippen LogP contribution in [0.5, 0.6) is 0 Å². The smallest absolute Gasteiger partial charge is 0.249 e. The zero-order chi connectivity index (χ0) is 15.4. The maximum atomic E-state index is 11.3. The fourth-order valence-electron chi connectivity index (χ4n) is 2.13. The van der Waals surface area contributed by atoms with Crippen molar-refractivity contribution in [3.63, 3.8) is 0 Å². The molecule has 0 heterocycles. The Hall–Kier alpha value is -2.01. The zero-order valence-electron chi connectivity index (χ0n) is 11.8. The first-order chi connectivity index (χ1) is 10.0. The minimum absolute atomic E-state index is 0.435. The van der Waals surface area contributed by atoms with Gasteiger partial charge in [-0.25, -0.2) is 0 Å². The molecule has 2 rings (SSSR count). The summed E-state index contributed by atoms with van der Waals surface area (Å²) in [4.78, 5) is 13.5. The van der Waals surface area contributed by atoms with Crippen molar-refractivity contribution in [2.75, 3.05) is 17.2 Å². The van der Waals surface area contributed by atoms with Gasteiger partial charge in [0.05, 0.1) is 5.56 Å². The summed E-state index contributed by atoms with van der Waals surface area (Å²) in [5, 5.41) is 0. The third-order valence-electron chi connectivity index (χ3n) is 3.32. The number of anilines is 2. The number of halogens is 1. The Labute approximate surface area is 132 Å². The van der Waals surface area contributed by atoms with Crippen LogP contribution < -0.4 is 16.4 Å². The first kappa shape index (κ1) is 15.4. The van der Waals surface area contributed by atoms with Gasteiger partial charge in [-0.2, -0.15) is 0 Å². The van der Waals surface area contributed by atoms with Gasteiger partial charge in [0, 0.05) is 28.9 Å². The summed E-state index contributed by atoms with van der Waals surface area (Å²) in [5.74, 6) is -0.435. The van der Waals surface area contributed by atoms with Crippen molar-refractivity contribution in [3.8, 4) is 0 Å². The number of primary amides is 1. The summed E-state index contributed by atoms with van der Waals surface area (Å²) in [5.41, 5.74) is 14.5. The van der Waals surface area contributed by atoms with Gasteiger partial charge in [0.15, 0.2) is 0 Å². The highest BCUT2D eigenvalue weighted by atomic mass is 79.9. The van der Waals surface area contributed by atoms with Gasteiger partial charge < -0.3 is 16.4 Å². The Balaban J connectivity index is 2.23. The molecule has 2 aromatic carbocycles. The summed E-state index contributed by atoms with van der Waals surface area (Å²) >= 11 is 3.40. The van der Waals surface area contributed by atoms with E-state index in [0.717, 1.165) is 24.5 Å².